The van der Waals surface area contributed by atoms with Gasteiger partial charge >= 0.3 is 6.03 Å². The third-order valence-corrected chi connectivity index (χ3v) is 8.61. The van der Waals surface area contributed by atoms with Crippen molar-refractivity contribution in [2.24, 2.45) is 11.8 Å². The number of methoxy groups -OCH3 is 1. The molecule has 2 fully saturated rings. The predicted molar refractivity (Wildman–Crippen MR) is 148 cm³/mol. The summed E-state index contributed by atoms with van der Waals surface area (Å²) < 4.78 is 11.1. The van der Waals surface area contributed by atoms with Gasteiger partial charge in [0, 0.05) is 56.3 Å². The number of hydrogen-bond acceptors (Lipinski definition) is 5. The maximum Gasteiger partial charge on any atom is 0.317 e. The van der Waals surface area contributed by atoms with Gasteiger partial charge < -0.3 is 29.8 Å². The minimum absolute atomic E-state index is 0.00120. The second-order valence-electron chi connectivity index (χ2n) is 11.2. The summed E-state index contributed by atoms with van der Waals surface area (Å²) in [5, 5.41) is 19.9. The zero-order chi connectivity index (χ0) is 26.1. The van der Waals surface area contributed by atoms with Crippen LogP contribution < -0.4 is 10.6 Å². The Morgan fingerprint density at radius 3 is 2.81 bits per heavy atom. The summed E-state index contributed by atoms with van der Waals surface area (Å²) in [6.07, 6.45) is 13.3. The van der Waals surface area contributed by atoms with Crippen molar-refractivity contribution in [1.29, 1.82) is 0 Å². The standard InChI is InChI=1S/C30H47N3O4/c1-31-21-26(20-23-10-4-3-5-11-23)32-29(34)33-17-9-13-25(22-33)30(35,16-6-7-18-36-2)27-14-8-12-24-15-19-37-28(24)27/h8,12,14-15,19,23,25-26,31,35H,3-7,9-11,13,16-18,20-22H2,1-2H3,(H,32,34)/t25-,26+,30+/m1/s1. The van der Waals surface area contributed by atoms with E-state index < -0.39 is 5.60 Å². The molecule has 1 aromatic carbocycles. The van der Waals surface area contributed by atoms with E-state index >= 15 is 0 Å². The van der Waals surface area contributed by atoms with Crippen LogP contribution in [0.2, 0.25) is 0 Å². The summed E-state index contributed by atoms with van der Waals surface area (Å²) in [5.74, 6) is 0.638. The summed E-state index contributed by atoms with van der Waals surface area (Å²) in [4.78, 5) is 15.4. The van der Waals surface area contributed by atoms with Crippen molar-refractivity contribution in [2.75, 3.05) is 40.4 Å². The Hall–Kier alpha value is -2.09. The van der Waals surface area contributed by atoms with E-state index in [0.29, 0.717) is 25.5 Å². The maximum atomic E-state index is 13.5. The molecule has 0 radical (unpaired) electrons. The van der Waals surface area contributed by atoms with Crippen molar-refractivity contribution in [1.82, 2.24) is 15.5 Å². The van der Waals surface area contributed by atoms with Crippen molar-refractivity contribution < 1.29 is 19.1 Å². The van der Waals surface area contributed by atoms with Gasteiger partial charge in [-0.1, -0.05) is 50.3 Å². The van der Waals surface area contributed by atoms with E-state index in [1.54, 1.807) is 13.4 Å². The number of carbonyl (C=O) groups excluding carboxylic acids is 1. The maximum absolute atomic E-state index is 13.5. The third-order valence-electron chi connectivity index (χ3n) is 8.61. The van der Waals surface area contributed by atoms with E-state index in [2.05, 4.69) is 10.6 Å². The van der Waals surface area contributed by atoms with Gasteiger partial charge in [-0.05, 0) is 57.6 Å². The summed E-state index contributed by atoms with van der Waals surface area (Å²) in [6.45, 7) is 2.72. The van der Waals surface area contributed by atoms with Crippen LogP contribution >= 0.6 is 0 Å². The number of likely N-dealkylation sites (tertiary alicyclic amines) is 1. The van der Waals surface area contributed by atoms with E-state index in [0.717, 1.165) is 61.7 Å². The number of nitrogens with zero attached hydrogens (tertiary/aromatic N) is 1. The highest BCUT2D eigenvalue weighted by Gasteiger charge is 2.43. The molecule has 7 nitrogen and oxygen atoms in total. The number of rotatable bonds is 12. The number of para-hydroxylation sites is 1. The van der Waals surface area contributed by atoms with Crippen LogP contribution in [0.4, 0.5) is 4.79 Å². The van der Waals surface area contributed by atoms with Crippen molar-refractivity contribution in [3.8, 4) is 0 Å². The van der Waals surface area contributed by atoms with Crippen molar-refractivity contribution in [3.63, 3.8) is 0 Å². The molecule has 3 atom stereocenters. The van der Waals surface area contributed by atoms with Crippen molar-refractivity contribution in [3.05, 3.63) is 36.1 Å². The zero-order valence-electron chi connectivity index (χ0n) is 22.8. The molecule has 2 aliphatic rings. The highest BCUT2D eigenvalue weighted by atomic mass is 16.5. The Bertz CT molecular complexity index is 973. The Labute approximate surface area is 222 Å². The number of carbonyl (C=O) groups is 1. The number of nitrogens with one attached hydrogen (secondary N) is 2. The van der Waals surface area contributed by atoms with Crippen LogP contribution in [0.25, 0.3) is 11.0 Å². The molecule has 0 bridgehead atoms. The molecule has 0 spiro atoms. The number of urea groups is 1. The van der Waals surface area contributed by atoms with Gasteiger partial charge in [0.05, 0.1) is 11.9 Å². The van der Waals surface area contributed by atoms with Crippen molar-refractivity contribution >= 4 is 17.0 Å². The monoisotopic (exact) mass is 513 g/mol. The molecule has 206 valence electrons. The van der Waals surface area contributed by atoms with E-state index in [-0.39, 0.29) is 18.0 Å². The van der Waals surface area contributed by atoms with Crippen LogP contribution in [-0.4, -0.2) is 62.5 Å². The van der Waals surface area contributed by atoms with Crippen LogP contribution in [-0.2, 0) is 10.3 Å². The lowest BCUT2D eigenvalue weighted by Gasteiger charge is -2.43. The van der Waals surface area contributed by atoms with Crippen LogP contribution in [0, 0.1) is 11.8 Å². The van der Waals surface area contributed by atoms with E-state index in [4.69, 9.17) is 9.15 Å². The van der Waals surface area contributed by atoms with Crippen LogP contribution in [0.3, 0.4) is 0 Å². The minimum atomic E-state index is -1.07. The minimum Gasteiger partial charge on any atom is -0.464 e. The van der Waals surface area contributed by atoms with Crippen molar-refractivity contribution in [2.45, 2.75) is 82.3 Å². The van der Waals surface area contributed by atoms with Gasteiger partial charge in [-0.25, -0.2) is 4.79 Å². The summed E-state index contributed by atoms with van der Waals surface area (Å²) >= 11 is 0. The number of benzene rings is 1. The van der Waals surface area contributed by atoms with E-state index in [1.807, 2.05) is 36.2 Å². The quantitative estimate of drug-likeness (QED) is 0.330. The molecule has 1 aromatic heterocycles. The molecule has 1 aliphatic heterocycles. The third kappa shape index (κ3) is 7.06. The first-order chi connectivity index (χ1) is 18.0. The van der Waals surface area contributed by atoms with Gasteiger partial charge in [0.15, 0.2) is 0 Å². The van der Waals surface area contributed by atoms with Gasteiger partial charge in [0.1, 0.15) is 5.58 Å². The number of furan rings is 1. The van der Waals surface area contributed by atoms with Gasteiger partial charge in [0.25, 0.3) is 0 Å². The number of amides is 2. The van der Waals surface area contributed by atoms with Gasteiger partial charge in [-0.3, -0.25) is 0 Å². The highest BCUT2D eigenvalue weighted by Crippen LogP contribution is 2.42. The average molecular weight is 514 g/mol. The lowest BCUT2D eigenvalue weighted by Crippen LogP contribution is -2.54. The number of aliphatic hydroxyl groups is 1. The van der Waals surface area contributed by atoms with E-state index in [9.17, 15) is 9.90 Å². The lowest BCUT2D eigenvalue weighted by atomic mass is 9.73. The van der Waals surface area contributed by atoms with Gasteiger partial charge in [-0.2, -0.15) is 0 Å². The predicted octanol–water partition coefficient (Wildman–Crippen LogP) is 5.42. The molecule has 1 saturated carbocycles. The normalized spacial score (nSPS) is 21.6. The van der Waals surface area contributed by atoms with Crippen LogP contribution in [0.5, 0.6) is 0 Å². The van der Waals surface area contributed by atoms with Crippen LogP contribution in [0.1, 0.15) is 76.2 Å². The van der Waals surface area contributed by atoms with Gasteiger partial charge in [-0.15, -0.1) is 0 Å². The SMILES string of the molecule is CNC[C@H](CC1CCCCC1)NC(=O)N1CCC[C@@H]([C@@](O)(CCCCOC)c2cccc3ccoc23)C1. The molecule has 2 aromatic rings. The molecule has 3 N–H and O–H groups in total. The Morgan fingerprint density at radius 2 is 2.03 bits per heavy atom. The Kier molecular flexibility index (Phi) is 10.3. The lowest BCUT2D eigenvalue weighted by molar-refractivity contribution is -0.0558. The summed E-state index contributed by atoms with van der Waals surface area (Å²) in [7, 11) is 3.67. The molecule has 7 heteroatoms. The Balaban J connectivity index is 1.48. The number of piperidine rings is 1. The number of fused-ring (bicyclic) bond motifs is 1. The highest BCUT2D eigenvalue weighted by molar-refractivity contribution is 5.81. The fraction of sp³-hybridized carbons (Fsp3) is 0.700. The first-order valence-electron chi connectivity index (χ1n) is 14.4. The van der Waals surface area contributed by atoms with Crippen LogP contribution in [0.15, 0.2) is 34.9 Å². The average Bonchev–Trinajstić information content (AvgIpc) is 3.41. The Morgan fingerprint density at radius 1 is 1.19 bits per heavy atom. The number of ether oxygens (including phenoxy) is 1. The molecule has 4 rings (SSSR count). The molecular formula is C30H47N3O4. The second kappa shape index (κ2) is 13.6. The summed E-state index contributed by atoms with van der Waals surface area (Å²) in [5.41, 5.74) is 0.515. The number of unbranched alkanes of at least 4 members (excludes halogenated alkanes) is 1. The zero-order valence-corrected chi connectivity index (χ0v) is 22.8. The molecule has 37 heavy (non-hydrogen) atoms. The number of likely N-dealkylation sites (N-methyl/N-ethyl adjacent to an activating group) is 1. The first kappa shape index (κ1) is 27.9. The largest absolute Gasteiger partial charge is 0.464 e. The molecule has 2 heterocycles. The smallest absolute Gasteiger partial charge is 0.317 e. The molecular weight excluding hydrogens is 466 g/mol. The molecule has 1 aliphatic carbocycles. The van der Waals surface area contributed by atoms with Gasteiger partial charge in [0.2, 0.25) is 0 Å². The topological polar surface area (TPSA) is 87.0 Å². The molecule has 0 unspecified atom stereocenters. The number of hydrogen-bond donors (Lipinski definition) is 3. The second-order valence-corrected chi connectivity index (χ2v) is 11.2. The summed E-state index contributed by atoms with van der Waals surface area (Å²) in [6, 6.07) is 8.08. The fourth-order valence-corrected chi connectivity index (χ4v) is 6.62. The molecule has 2 amide bonds. The van der Waals surface area contributed by atoms with E-state index in [1.165, 1.54) is 32.1 Å². The fourth-order valence-electron chi connectivity index (χ4n) is 6.62. The first-order valence-corrected chi connectivity index (χ1v) is 14.4. The molecule has 1 saturated heterocycles.